The maximum atomic E-state index is 11.3. The first kappa shape index (κ1) is 8.69. The first-order chi connectivity index (χ1) is 6.33. The zero-order valence-electron chi connectivity index (χ0n) is 7.40. The molecule has 0 radical (unpaired) electrons. The van der Waals surface area contributed by atoms with Crippen molar-refractivity contribution in [3.8, 4) is 0 Å². The zero-order valence-corrected chi connectivity index (χ0v) is 8.21. The standard InChI is InChI=1S/C9H11NO2S/c1-12-9(11)7-6-13-8-4-2-3-5-10(7)8/h2-4,7H,5-6H2,1H3. The van der Waals surface area contributed by atoms with Crippen LogP contribution in [0.25, 0.3) is 0 Å². The summed E-state index contributed by atoms with van der Waals surface area (Å²) < 4.78 is 4.74. The summed E-state index contributed by atoms with van der Waals surface area (Å²) in [6.07, 6.45) is 6.11. The van der Waals surface area contributed by atoms with Crippen LogP contribution in [-0.4, -0.2) is 36.3 Å². The molecule has 3 nitrogen and oxygen atoms in total. The van der Waals surface area contributed by atoms with Crippen LogP contribution in [0, 0.1) is 0 Å². The van der Waals surface area contributed by atoms with Gasteiger partial charge in [-0.05, 0) is 6.08 Å². The van der Waals surface area contributed by atoms with Crippen LogP contribution in [0.1, 0.15) is 0 Å². The van der Waals surface area contributed by atoms with E-state index in [4.69, 9.17) is 4.74 Å². The van der Waals surface area contributed by atoms with Gasteiger partial charge in [-0.15, -0.1) is 11.8 Å². The van der Waals surface area contributed by atoms with Crippen molar-refractivity contribution in [1.29, 1.82) is 0 Å². The average Bonchev–Trinajstić information content (AvgIpc) is 2.60. The summed E-state index contributed by atoms with van der Waals surface area (Å²) in [7, 11) is 1.44. The average molecular weight is 197 g/mol. The van der Waals surface area contributed by atoms with Crippen LogP contribution < -0.4 is 0 Å². The molecule has 0 amide bonds. The highest BCUT2D eigenvalue weighted by molar-refractivity contribution is 8.03. The van der Waals surface area contributed by atoms with Crippen molar-refractivity contribution in [2.24, 2.45) is 0 Å². The minimum atomic E-state index is -0.133. The van der Waals surface area contributed by atoms with Crippen LogP contribution in [-0.2, 0) is 9.53 Å². The second kappa shape index (κ2) is 3.46. The monoisotopic (exact) mass is 197 g/mol. The number of allylic oxidation sites excluding steroid dienone is 2. The summed E-state index contributed by atoms with van der Waals surface area (Å²) in [6, 6.07) is -0.0915. The van der Waals surface area contributed by atoms with Crippen molar-refractivity contribution in [2.45, 2.75) is 6.04 Å². The van der Waals surface area contributed by atoms with E-state index in [2.05, 4.69) is 4.90 Å². The predicted molar refractivity (Wildman–Crippen MR) is 52.2 cm³/mol. The SMILES string of the molecule is COC(=O)C1CSC2=CC=CCN21. The molecule has 70 valence electrons. The molecule has 0 N–H and O–H groups in total. The maximum Gasteiger partial charge on any atom is 0.329 e. The molecular weight excluding hydrogens is 186 g/mol. The lowest BCUT2D eigenvalue weighted by Gasteiger charge is -2.24. The molecule has 2 aliphatic rings. The Morgan fingerprint density at radius 2 is 2.62 bits per heavy atom. The molecule has 1 fully saturated rings. The third-order valence-electron chi connectivity index (χ3n) is 2.20. The molecular formula is C9H11NO2S. The first-order valence-corrected chi connectivity index (χ1v) is 5.15. The lowest BCUT2D eigenvalue weighted by Crippen LogP contribution is -2.38. The van der Waals surface area contributed by atoms with Gasteiger partial charge in [0.15, 0.2) is 0 Å². The number of hydrogen-bond donors (Lipinski definition) is 0. The van der Waals surface area contributed by atoms with Crippen LogP contribution in [0.3, 0.4) is 0 Å². The van der Waals surface area contributed by atoms with Crippen LogP contribution in [0.15, 0.2) is 23.3 Å². The van der Waals surface area contributed by atoms with E-state index in [1.165, 1.54) is 12.1 Å². The second-order valence-electron chi connectivity index (χ2n) is 2.94. The Morgan fingerprint density at radius 3 is 3.38 bits per heavy atom. The Balaban J connectivity index is 2.14. The van der Waals surface area contributed by atoms with E-state index in [0.717, 1.165) is 12.3 Å². The van der Waals surface area contributed by atoms with Crippen molar-refractivity contribution >= 4 is 17.7 Å². The zero-order chi connectivity index (χ0) is 9.26. The molecule has 13 heavy (non-hydrogen) atoms. The fourth-order valence-electron chi connectivity index (χ4n) is 1.51. The summed E-state index contributed by atoms with van der Waals surface area (Å²) >= 11 is 1.71. The van der Waals surface area contributed by atoms with Gasteiger partial charge in [0.2, 0.25) is 0 Å². The van der Waals surface area contributed by atoms with Gasteiger partial charge in [0.05, 0.1) is 12.1 Å². The van der Waals surface area contributed by atoms with Crippen LogP contribution in [0.2, 0.25) is 0 Å². The highest BCUT2D eigenvalue weighted by atomic mass is 32.2. The van der Waals surface area contributed by atoms with Crippen LogP contribution >= 0.6 is 11.8 Å². The van der Waals surface area contributed by atoms with Gasteiger partial charge in [-0.25, -0.2) is 4.79 Å². The van der Waals surface area contributed by atoms with E-state index in [1.807, 2.05) is 18.2 Å². The predicted octanol–water partition coefficient (Wildman–Crippen LogP) is 0.988. The fraction of sp³-hybridized carbons (Fsp3) is 0.444. The number of nitrogens with zero attached hydrogens (tertiary/aromatic N) is 1. The largest absolute Gasteiger partial charge is 0.467 e. The van der Waals surface area contributed by atoms with Crippen molar-refractivity contribution in [3.05, 3.63) is 23.3 Å². The highest BCUT2D eigenvalue weighted by Crippen LogP contribution is 2.34. The van der Waals surface area contributed by atoms with Crippen molar-refractivity contribution in [2.75, 3.05) is 19.4 Å². The van der Waals surface area contributed by atoms with E-state index in [0.29, 0.717) is 0 Å². The van der Waals surface area contributed by atoms with Crippen molar-refractivity contribution in [1.82, 2.24) is 4.90 Å². The molecule has 0 aromatic rings. The van der Waals surface area contributed by atoms with Gasteiger partial charge in [0, 0.05) is 12.3 Å². The normalized spacial score (nSPS) is 25.5. The van der Waals surface area contributed by atoms with E-state index < -0.39 is 0 Å². The van der Waals surface area contributed by atoms with Gasteiger partial charge in [-0.2, -0.15) is 0 Å². The Hall–Kier alpha value is -0.900. The lowest BCUT2D eigenvalue weighted by molar-refractivity contribution is -0.144. The van der Waals surface area contributed by atoms with E-state index >= 15 is 0 Å². The number of carbonyl (C=O) groups is 1. The minimum Gasteiger partial charge on any atom is -0.467 e. The van der Waals surface area contributed by atoms with Crippen molar-refractivity contribution < 1.29 is 9.53 Å². The van der Waals surface area contributed by atoms with E-state index in [9.17, 15) is 4.79 Å². The summed E-state index contributed by atoms with van der Waals surface area (Å²) in [5, 5.41) is 1.18. The smallest absolute Gasteiger partial charge is 0.329 e. The fourth-order valence-corrected chi connectivity index (χ4v) is 2.70. The summed E-state index contributed by atoms with van der Waals surface area (Å²) in [5.41, 5.74) is 0. The molecule has 0 bridgehead atoms. The third kappa shape index (κ3) is 1.46. The molecule has 2 aliphatic heterocycles. The molecule has 0 saturated carbocycles. The van der Waals surface area contributed by atoms with Gasteiger partial charge in [0.25, 0.3) is 0 Å². The molecule has 1 atom stereocenters. The van der Waals surface area contributed by atoms with Gasteiger partial charge in [-0.3, -0.25) is 0 Å². The number of hydrogen-bond acceptors (Lipinski definition) is 4. The second-order valence-corrected chi connectivity index (χ2v) is 3.98. The van der Waals surface area contributed by atoms with Gasteiger partial charge < -0.3 is 9.64 Å². The third-order valence-corrected chi connectivity index (χ3v) is 3.35. The number of methoxy groups -OCH3 is 1. The van der Waals surface area contributed by atoms with Gasteiger partial charge in [0.1, 0.15) is 6.04 Å². The number of carbonyl (C=O) groups excluding carboxylic acids is 1. The maximum absolute atomic E-state index is 11.3. The minimum absolute atomic E-state index is 0.0915. The lowest BCUT2D eigenvalue weighted by atomic mass is 10.2. The molecule has 0 aromatic heterocycles. The quantitative estimate of drug-likeness (QED) is 0.586. The molecule has 4 heteroatoms. The molecule has 2 heterocycles. The Bertz CT molecular complexity index is 285. The summed E-state index contributed by atoms with van der Waals surface area (Å²) in [5.74, 6) is 0.673. The molecule has 1 saturated heterocycles. The van der Waals surface area contributed by atoms with Crippen LogP contribution in [0.4, 0.5) is 0 Å². The van der Waals surface area contributed by atoms with Gasteiger partial charge >= 0.3 is 5.97 Å². The molecule has 0 aliphatic carbocycles. The Kier molecular flexibility index (Phi) is 2.31. The number of rotatable bonds is 1. The van der Waals surface area contributed by atoms with Gasteiger partial charge in [-0.1, -0.05) is 12.2 Å². The first-order valence-electron chi connectivity index (χ1n) is 4.17. The molecule has 2 rings (SSSR count). The summed E-state index contributed by atoms with van der Waals surface area (Å²) in [4.78, 5) is 13.4. The topological polar surface area (TPSA) is 29.5 Å². The number of ether oxygens (including phenoxy) is 1. The Labute approximate surface area is 81.4 Å². The number of thioether (sulfide) groups is 1. The Morgan fingerprint density at radius 1 is 1.77 bits per heavy atom. The van der Waals surface area contributed by atoms with E-state index in [1.54, 1.807) is 11.8 Å². The molecule has 0 aromatic carbocycles. The molecule has 1 unspecified atom stereocenters. The molecule has 0 spiro atoms. The summed E-state index contributed by atoms with van der Waals surface area (Å²) in [6.45, 7) is 0.818. The number of esters is 1. The van der Waals surface area contributed by atoms with Crippen molar-refractivity contribution in [3.63, 3.8) is 0 Å². The number of fused-ring (bicyclic) bond motifs is 1. The van der Waals surface area contributed by atoms with E-state index in [-0.39, 0.29) is 12.0 Å². The van der Waals surface area contributed by atoms with Crippen LogP contribution in [0.5, 0.6) is 0 Å². The highest BCUT2D eigenvalue weighted by Gasteiger charge is 2.34.